The summed E-state index contributed by atoms with van der Waals surface area (Å²) in [4.78, 5) is 0. The van der Waals surface area contributed by atoms with Gasteiger partial charge in [-0.3, -0.25) is 0 Å². The van der Waals surface area contributed by atoms with E-state index in [1.165, 1.54) is 27.8 Å². The number of nitrogens with zero attached hydrogens (tertiary/aromatic N) is 1. The minimum Gasteiger partial charge on any atom is -0.207 e. The molecule has 0 aliphatic heterocycles. The van der Waals surface area contributed by atoms with Crippen LogP contribution in [-0.2, 0) is 10.0 Å². The Labute approximate surface area is 129 Å². The van der Waals surface area contributed by atoms with Crippen LogP contribution in [0.3, 0.4) is 0 Å². The fraction of sp³-hybridized carbons (Fsp3) is 0.467. The van der Waals surface area contributed by atoms with E-state index in [4.69, 9.17) is 0 Å². The monoisotopic (exact) mass is 329 g/mol. The van der Waals surface area contributed by atoms with Crippen molar-refractivity contribution in [3.8, 4) is 0 Å². The summed E-state index contributed by atoms with van der Waals surface area (Å²) in [5, 5.41) is 0.687. The lowest BCUT2D eigenvalue weighted by Gasteiger charge is -2.20. The number of fused-ring (bicyclic) bond motifs is 1. The van der Waals surface area contributed by atoms with E-state index >= 15 is 0 Å². The van der Waals surface area contributed by atoms with Crippen molar-refractivity contribution in [2.75, 3.05) is 13.1 Å². The lowest BCUT2D eigenvalue weighted by molar-refractivity contribution is 0.411. The first-order chi connectivity index (χ1) is 9.91. The van der Waals surface area contributed by atoms with Crippen LogP contribution < -0.4 is 0 Å². The van der Waals surface area contributed by atoms with Gasteiger partial charge in [-0.05, 0) is 48.9 Å². The number of aryl methyl sites for hydroxylation is 1. The van der Waals surface area contributed by atoms with Crippen LogP contribution in [0.2, 0.25) is 0 Å². The lowest BCUT2D eigenvalue weighted by atomic mass is 10.2. The van der Waals surface area contributed by atoms with Gasteiger partial charge in [0.2, 0.25) is 0 Å². The second-order valence-electron chi connectivity index (χ2n) is 5.06. The maximum atomic E-state index is 13.4. The molecule has 2 rings (SSSR count). The molecule has 0 saturated carbocycles. The molecule has 2 aromatic rings. The Bertz CT molecular complexity index is 731. The highest BCUT2D eigenvalue weighted by molar-refractivity contribution is 7.91. The van der Waals surface area contributed by atoms with Gasteiger partial charge in [0.15, 0.2) is 0 Å². The Kier molecular flexibility index (Phi) is 5.01. The Morgan fingerprint density at radius 1 is 1.19 bits per heavy atom. The van der Waals surface area contributed by atoms with E-state index in [0.717, 1.165) is 17.5 Å². The third-order valence-electron chi connectivity index (χ3n) is 3.37. The van der Waals surface area contributed by atoms with Crippen molar-refractivity contribution in [1.82, 2.24) is 4.31 Å². The summed E-state index contributed by atoms with van der Waals surface area (Å²) in [6.45, 7) is 6.70. The topological polar surface area (TPSA) is 37.4 Å². The Morgan fingerprint density at radius 2 is 1.81 bits per heavy atom. The van der Waals surface area contributed by atoms with Crippen molar-refractivity contribution in [1.29, 1.82) is 0 Å². The summed E-state index contributed by atoms with van der Waals surface area (Å²) >= 11 is 1.22. The van der Waals surface area contributed by atoms with Gasteiger partial charge in [0.1, 0.15) is 10.0 Å². The van der Waals surface area contributed by atoms with Crippen LogP contribution in [0.25, 0.3) is 10.1 Å². The molecule has 0 atom stereocenters. The molecule has 21 heavy (non-hydrogen) atoms. The minimum absolute atomic E-state index is 0.338. The zero-order valence-corrected chi connectivity index (χ0v) is 14.2. The average Bonchev–Trinajstić information content (AvgIpc) is 2.76. The van der Waals surface area contributed by atoms with Crippen LogP contribution in [0, 0.1) is 12.7 Å². The quantitative estimate of drug-likeness (QED) is 0.798. The minimum atomic E-state index is -3.50. The fourth-order valence-electron chi connectivity index (χ4n) is 2.38. The maximum Gasteiger partial charge on any atom is 0.252 e. The SMILES string of the molecule is CCCN(CCC)S(=O)(=O)c1sc2ccc(F)cc2c1C. The number of hydrogen-bond acceptors (Lipinski definition) is 3. The van der Waals surface area contributed by atoms with E-state index in [1.807, 2.05) is 13.8 Å². The van der Waals surface area contributed by atoms with Crippen LogP contribution >= 0.6 is 11.3 Å². The molecule has 0 bridgehead atoms. The van der Waals surface area contributed by atoms with Crippen LogP contribution in [0.5, 0.6) is 0 Å². The highest BCUT2D eigenvalue weighted by Gasteiger charge is 2.27. The Morgan fingerprint density at radius 3 is 2.38 bits per heavy atom. The van der Waals surface area contributed by atoms with Gasteiger partial charge in [0, 0.05) is 17.8 Å². The first kappa shape index (κ1) is 16.4. The summed E-state index contributed by atoms with van der Waals surface area (Å²) in [5.74, 6) is -0.341. The van der Waals surface area contributed by atoms with E-state index in [0.29, 0.717) is 28.2 Å². The normalized spacial score (nSPS) is 12.4. The first-order valence-corrected chi connectivity index (χ1v) is 9.36. The van der Waals surface area contributed by atoms with E-state index in [9.17, 15) is 12.8 Å². The molecule has 0 unspecified atom stereocenters. The van der Waals surface area contributed by atoms with E-state index in [1.54, 1.807) is 13.0 Å². The highest BCUT2D eigenvalue weighted by atomic mass is 32.2. The van der Waals surface area contributed by atoms with Gasteiger partial charge in [-0.25, -0.2) is 12.8 Å². The molecule has 1 heterocycles. The van der Waals surface area contributed by atoms with Gasteiger partial charge in [-0.15, -0.1) is 11.3 Å². The molecule has 0 radical (unpaired) electrons. The summed E-state index contributed by atoms with van der Waals surface area (Å²) in [5.41, 5.74) is 0.645. The lowest BCUT2D eigenvalue weighted by Crippen LogP contribution is -2.32. The first-order valence-electron chi connectivity index (χ1n) is 7.10. The number of thiophene rings is 1. The van der Waals surface area contributed by atoms with Crippen molar-refractivity contribution in [3.05, 3.63) is 29.6 Å². The fourth-order valence-corrected chi connectivity index (χ4v) is 5.89. The van der Waals surface area contributed by atoms with Crippen molar-refractivity contribution in [3.63, 3.8) is 0 Å². The maximum absolute atomic E-state index is 13.4. The van der Waals surface area contributed by atoms with Crippen molar-refractivity contribution in [2.45, 2.75) is 37.8 Å². The molecule has 0 amide bonds. The van der Waals surface area contributed by atoms with Gasteiger partial charge in [0.25, 0.3) is 10.0 Å². The van der Waals surface area contributed by atoms with Gasteiger partial charge in [-0.2, -0.15) is 4.31 Å². The van der Waals surface area contributed by atoms with E-state index in [2.05, 4.69) is 0 Å². The third kappa shape index (κ3) is 3.12. The summed E-state index contributed by atoms with van der Waals surface area (Å²) < 4.78 is 41.7. The number of halogens is 1. The zero-order chi connectivity index (χ0) is 15.6. The molecule has 0 aliphatic carbocycles. The molecular formula is C15H20FNO2S2. The third-order valence-corrected chi connectivity index (χ3v) is 7.14. The molecule has 0 saturated heterocycles. The van der Waals surface area contributed by atoms with Crippen molar-refractivity contribution >= 4 is 31.4 Å². The second-order valence-corrected chi connectivity index (χ2v) is 8.24. The molecule has 0 aliphatic rings. The zero-order valence-electron chi connectivity index (χ0n) is 12.5. The summed E-state index contributed by atoms with van der Waals surface area (Å²) in [7, 11) is -3.50. The van der Waals surface area contributed by atoms with Crippen LogP contribution in [-0.4, -0.2) is 25.8 Å². The largest absolute Gasteiger partial charge is 0.252 e. The molecular weight excluding hydrogens is 309 g/mol. The standard InChI is InChI=1S/C15H20FNO2S2/c1-4-8-17(9-5-2)21(18,19)15-11(3)13-10-12(16)6-7-14(13)20-15/h6-7,10H,4-5,8-9H2,1-3H3. The summed E-state index contributed by atoms with van der Waals surface area (Å²) in [6.07, 6.45) is 1.55. The molecule has 0 N–H and O–H groups in total. The molecule has 3 nitrogen and oxygen atoms in total. The van der Waals surface area contributed by atoms with Gasteiger partial charge >= 0.3 is 0 Å². The Balaban J connectivity index is 2.55. The Hall–Kier alpha value is -0.980. The molecule has 0 fully saturated rings. The highest BCUT2D eigenvalue weighted by Crippen LogP contribution is 2.36. The van der Waals surface area contributed by atoms with Gasteiger partial charge in [0.05, 0.1) is 0 Å². The molecule has 1 aromatic heterocycles. The molecule has 1 aromatic carbocycles. The number of benzene rings is 1. The number of rotatable bonds is 6. The van der Waals surface area contributed by atoms with Crippen LogP contribution in [0.1, 0.15) is 32.3 Å². The van der Waals surface area contributed by atoms with Gasteiger partial charge < -0.3 is 0 Å². The molecule has 116 valence electrons. The molecule has 0 spiro atoms. The predicted molar refractivity (Wildman–Crippen MR) is 85.9 cm³/mol. The van der Waals surface area contributed by atoms with Crippen LogP contribution in [0.15, 0.2) is 22.4 Å². The predicted octanol–water partition coefficient (Wildman–Crippen LogP) is 4.16. The molecule has 6 heteroatoms. The van der Waals surface area contributed by atoms with Gasteiger partial charge in [-0.1, -0.05) is 13.8 Å². The van der Waals surface area contributed by atoms with Crippen LogP contribution in [0.4, 0.5) is 4.39 Å². The van der Waals surface area contributed by atoms with Crippen molar-refractivity contribution in [2.24, 2.45) is 0 Å². The summed E-state index contributed by atoms with van der Waals surface area (Å²) in [6, 6.07) is 4.42. The second kappa shape index (κ2) is 6.42. The number of sulfonamides is 1. The van der Waals surface area contributed by atoms with Crippen molar-refractivity contribution < 1.29 is 12.8 Å². The average molecular weight is 329 g/mol. The van der Waals surface area contributed by atoms with E-state index < -0.39 is 10.0 Å². The smallest absolute Gasteiger partial charge is 0.207 e. The number of hydrogen-bond donors (Lipinski definition) is 0. The van der Waals surface area contributed by atoms with E-state index in [-0.39, 0.29) is 5.82 Å².